The van der Waals surface area contributed by atoms with Crippen LogP contribution in [0.5, 0.6) is 0 Å². The van der Waals surface area contributed by atoms with Crippen LogP contribution in [0, 0.1) is 0 Å². The number of anilines is 1. The number of nitrogen functional groups attached to an aromatic ring is 1. The molecule has 62 valence electrons. The molecule has 3 nitrogen and oxygen atoms in total. The van der Waals surface area contributed by atoms with E-state index in [0.29, 0.717) is 5.82 Å². The van der Waals surface area contributed by atoms with Crippen molar-refractivity contribution in [3.63, 3.8) is 0 Å². The number of alkyl halides is 3. The van der Waals surface area contributed by atoms with Gasteiger partial charge in [-0.05, 0) is 6.07 Å². The smallest absolute Gasteiger partial charge is 0.180 e. The molecule has 1 aromatic heterocycles. The molecular weight excluding hydrogens is 208 g/mol. The minimum absolute atomic E-state index is 0.509. The van der Waals surface area contributed by atoms with Crippen molar-refractivity contribution in [3.05, 3.63) is 18.6 Å². The van der Waals surface area contributed by atoms with E-state index in [1.54, 1.807) is 12.3 Å². The Kier molecular flexibility index (Phi) is 6.31. The lowest BCUT2D eigenvalue weighted by atomic mass is 10.6. The Balaban J connectivity index is 0.000000218. The number of nitrogens with two attached hydrogens (primary N) is 1. The summed E-state index contributed by atoms with van der Waals surface area (Å²) in [5.41, 5.74) is 5.21. The summed E-state index contributed by atoms with van der Waals surface area (Å²) in [5.74, 6) is 0.509. The van der Waals surface area contributed by atoms with E-state index in [0.717, 1.165) is 0 Å². The first kappa shape index (κ1) is 10.8. The molecule has 0 aliphatic carbocycles. The highest BCUT2D eigenvalue weighted by Crippen LogP contribution is 2.03. The van der Waals surface area contributed by atoms with Crippen LogP contribution in [0.4, 0.5) is 5.82 Å². The van der Waals surface area contributed by atoms with Gasteiger partial charge in [-0.2, -0.15) is 0 Å². The predicted octanol–water partition coefficient (Wildman–Crippen LogP) is 2.05. The molecule has 2 N–H and O–H groups in total. The molecule has 0 bridgehead atoms. The summed E-state index contributed by atoms with van der Waals surface area (Å²) in [6, 6.07) is 1.64. The molecule has 0 unspecified atom stereocenters. The molecule has 1 heterocycles. The number of hydrogen-bond acceptors (Lipinski definition) is 3. The fourth-order valence-corrected chi connectivity index (χ4v) is 0.301. The van der Waals surface area contributed by atoms with Gasteiger partial charge in [-0.1, -0.05) is 34.8 Å². The van der Waals surface area contributed by atoms with Crippen molar-refractivity contribution in [1.82, 2.24) is 9.97 Å². The average molecular weight is 214 g/mol. The average Bonchev–Trinajstić information content (AvgIpc) is 1.87. The highest BCUT2D eigenvalue weighted by molar-refractivity contribution is 6.63. The zero-order valence-electron chi connectivity index (χ0n) is 5.42. The summed E-state index contributed by atoms with van der Waals surface area (Å²) in [4.78, 5) is 7.30. The third-order valence-corrected chi connectivity index (χ3v) is 0.605. The zero-order valence-corrected chi connectivity index (χ0v) is 7.68. The monoisotopic (exact) mass is 213 g/mol. The first-order chi connectivity index (χ1) is 5.13. The van der Waals surface area contributed by atoms with E-state index < -0.39 is 4.30 Å². The van der Waals surface area contributed by atoms with E-state index in [4.69, 9.17) is 40.5 Å². The van der Waals surface area contributed by atoms with Crippen molar-refractivity contribution in [2.24, 2.45) is 0 Å². The van der Waals surface area contributed by atoms with E-state index >= 15 is 0 Å². The number of halogens is 3. The Morgan fingerprint density at radius 2 is 1.91 bits per heavy atom. The van der Waals surface area contributed by atoms with E-state index in [9.17, 15) is 0 Å². The maximum absolute atomic E-state index is 5.21. The van der Waals surface area contributed by atoms with Crippen molar-refractivity contribution in [2.45, 2.75) is 4.30 Å². The Morgan fingerprint density at radius 1 is 1.36 bits per heavy atom. The molecule has 0 aliphatic rings. The maximum atomic E-state index is 5.21. The van der Waals surface area contributed by atoms with E-state index in [1.807, 2.05) is 0 Å². The number of nitrogens with zero attached hydrogens (tertiary/aromatic N) is 2. The molecule has 0 atom stereocenters. The molecule has 0 aromatic carbocycles. The van der Waals surface area contributed by atoms with Crippen LogP contribution in [0.25, 0.3) is 0 Å². The topological polar surface area (TPSA) is 51.8 Å². The highest BCUT2D eigenvalue weighted by Gasteiger charge is 1.79. The van der Waals surface area contributed by atoms with Gasteiger partial charge >= 0.3 is 0 Å². The van der Waals surface area contributed by atoms with Gasteiger partial charge in [0.1, 0.15) is 12.1 Å². The minimum atomic E-state index is -0.750. The summed E-state index contributed by atoms with van der Waals surface area (Å²) < 4.78 is -0.750. The van der Waals surface area contributed by atoms with Crippen molar-refractivity contribution < 1.29 is 0 Å². The Morgan fingerprint density at radius 3 is 2.09 bits per heavy atom. The van der Waals surface area contributed by atoms with Gasteiger partial charge < -0.3 is 5.73 Å². The van der Waals surface area contributed by atoms with Gasteiger partial charge in [-0.25, -0.2) is 9.97 Å². The Bertz CT molecular complexity index is 177. The van der Waals surface area contributed by atoms with Crippen LogP contribution in [-0.4, -0.2) is 14.3 Å². The second-order valence-corrected chi connectivity index (χ2v) is 3.36. The van der Waals surface area contributed by atoms with Crippen LogP contribution in [0.15, 0.2) is 18.6 Å². The third kappa shape index (κ3) is 9.75. The van der Waals surface area contributed by atoms with Gasteiger partial charge in [0, 0.05) is 6.20 Å². The molecule has 0 saturated heterocycles. The first-order valence-corrected chi connectivity index (χ1v) is 3.87. The summed E-state index contributed by atoms with van der Waals surface area (Å²) in [6.45, 7) is 0. The molecule has 1 rings (SSSR count). The molecule has 0 spiro atoms. The van der Waals surface area contributed by atoms with Gasteiger partial charge in [0.05, 0.1) is 0 Å². The molecular formula is C5H6Cl3N3. The van der Waals surface area contributed by atoms with Crippen LogP contribution in [-0.2, 0) is 0 Å². The van der Waals surface area contributed by atoms with Gasteiger partial charge in [-0.15, -0.1) is 0 Å². The lowest BCUT2D eigenvalue weighted by Crippen LogP contribution is -1.87. The van der Waals surface area contributed by atoms with Crippen LogP contribution in [0.3, 0.4) is 0 Å². The van der Waals surface area contributed by atoms with Crippen molar-refractivity contribution in [2.75, 3.05) is 5.73 Å². The molecule has 0 radical (unpaired) electrons. The van der Waals surface area contributed by atoms with Crippen molar-refractivity contribution >= 4 is 40.6 Å². The summed E-state index contributed by atoms with van der Waals surface area (Å²) >= 11 is 14.4. The van der Waals surface area contributed by atoms with Crippen molar-refractivity contribution in [1.29, 1.82) is 0 Å². The summed E-state index contributed by atoms with van der Waals surface area (Å²) in [5, 5.41) is 0. The quantitative estimate of drug-likeness (QED) is 0.673. The normalized spacial score (nSPS) is 8.73. The fourth-order valence-electron chi connectivity index (χ4n) is 0.301. The molecule has 0 saturated carbocycles. The van der Waals surface area contributed by atoms with E-state index in [2.05, 4.69) is 9.97 Å². The molecule has 0 aliphatic heterocycles. The second-order valence-electron chi connectivity index (χ2n) is 1.38. The molecule has 1 aromatic rings. The van der Waals surface area contributed by atoms with E-state index in [1.165, 1.54) is 6.33 Å². The van der Waals surface area contributed by atoms with Gasteiger partial charge in [0.2, 0.25) is 0 Å². The fraction of sp³-hybridized carbons (Fsp3) is 0.200. The first-order valence-electron chi connectivity index (χ1n) is 2.56. The van der Waals surface area contributed by atoms with Crippen LogP contribution < -0.4 is 5.73 Å². The largest absolute Gasteiger partial charge is 0.384 e. The van der Waals surface area contributed by atoms with Crippen LogP contribution >= 0.6 is 34.8 Å². The summed E-state index contributed by atoms with van der Waals surface area (Å²) in [6.07, 6.45) is 3.01. The molecule has 0 amide bonds. The number of aromatic nitrogens is 2. The van der Waals surface area contributed by atoms with Crippen LogP contribution in [0.2, 0.25) is 0 Å². The van der Waals surface area contributed by atoms with E-state index in [-0.39, 0.29) is 0 Å². The SMILES string of the molecule is ClC(Cl)Cl.Nc1ccncn1. The maximum Gasteiger partial charge on any atom is 0.180 e. The predicted molar refractivity (Wildman–Crippen MR) is 47.8 cm³/mol. The molecule has 0 fully saturated rings. The number of hydrogen-bond donors (Lipinski definition) is 1. The van der Waals surface area contributed by atoms with Gasteiger partial charge in [-0.3, -0.25) is 0 Å². The number of rotatable bonds is 0. The molecule has 6 heteroatoms. The second kappa shape index (κ2) is 6.46. The highest BCUT2D eigenvalue weighted by atomic mass is 35.6. The summed E-state index contributed by atoms with van der Waals surface area (Å²) in [7, 11) is 0. The van der Waals surface area contributed by atoms with Crippen molar-refractivity contribution in [3.8, 4) is 0 Å². The van der Waals surface area contributed by atoms with Gasteiger partial charge in [0.15, 0.2) is 4.30 Å². The third-order valence-electron chi connectivity index (χ3n) is 0.605. The standard InChI is InChI=1S/C4H5N3.CHCl3/c5-4-1-2-6-3-7-4;2-1(3)4/h1-3H,(H2,5,6,7);1H. The Hall–Kier alpha value is -0.250. The minimum Gasteiger partial charge on any atom is -0.384 e. The molecule has 11 heavy (non-hydrogen) atoms. The zero-order chi connectivity index (χ0) is 8.69. The van der Waals surface area contributed by atoms with Crippen LogP contribution in [0.1, 0.15) is 0 Å². The Labute approximate surface area is 79.5 Å². The lowest BCUT2D eigenvalue weighted by Gasteiger charge is -1.82. The van der Waals surface area contributed by atoms with Gasteiger partial charge in [0.25, 0.3) is 0 Å². The lowest BCUT2D eigenvalue weighted by molar-refractivity contribution is 1.18.